The molecule has 0 radical (unpaired) electrons. The van der Waals surface area contributed by atoms with Gasteiger partial charge in [-0.15, -0.1) is 0 Å². The van der Waals surface area contributed by atoms with Gasteiger partial charge in [0.15, 0.2) is 21.3 Å². The third-order valence-corrected chi connectivity index (χ3v) is 4.43. The van der Waals surface area contributed by atoms with Crippen LogP contribution >= 0.6 is 0 Å². The Morgan fingerprint density at radius 3 is 2.88 bits per heavy atom. The Labute approximate surface area is 99.6 Å². The fourth-order valence-corrected chi connectivity index (χ4v) is 3.49. The molecule has 1 aromatic heterocycles. The number of hydrogen-bond donors (Lipinski definition) is 1. The monoisotopic (exact) mass is 252 g/mol. The van der Waals surface area contributed by atoms with E-state index in [1.54, 1.807) is 0 Å². The van der Waals surface area contributed by atoms with Gasteiger partial charge < -0.3 is 5.32 Å². The molecule has 1 aliphatic heterocycles. The van der Waals surface area contributed by atoms with Crippen LogP contribution in [0.4, 0.5) is 5.82 Å². The van der Waals surface area contributed by atoms with Crippen molar-refractivity contribution in [2.24, 2.45) is 0 Å². The van der Waals surface area contributed by atoms with Crippen LogP contribution in [0.25, 0.3) is 0 Å². The number of nitrogens with zero attached hydrogens (tertiary/aromatic N) is 3. The molecule has 1 fully saturated rings. The van der Waals surface area contributed by atoms with E-state index in [1.165, 1.54) is 12.4 Å². The lowest BCUT2D eigenvalue weighted by atomic mass is 10.2. The quantitative estimate of drug-likeness (QED) is 0.815. The van der Waals surface area contributed by atoms with E-state index in [2.05, 4.69) is 15.3 Å². The summed E-state index contributed by atoms with van der Waals surface area (Å²) in [7, 11) is -2.97. The Balaban J connectivity index is 2.14. The van der Waals surface area contributed by atoms with Gasteiger partial charge in [0.05, 0.1) is 11.5 Å². The van der Waals surface area contributed by atoms with Gasteiger partial charge in [0.25, 0.3) is 0 Å². The first-order valence-corrected chi connectivity index (χ1v) is 7.11. The predicted octanol–water partition coefficient (Wildman–Crippen LogP) is 0.337. The molecule has 1 aliphatic rings. The number of sulfone groups is 1. The summed E-state index contributed by atoms with van der Waals surface area (Å²) in [5, 5.41) is 11.8. The zero-order chi connectivity index (χ0) is 12.3. The average molecular weight is 252 g/mol. The van der Waals surface area contributed by atoms with Gasteiger partial charge in [-0.2, -0.15) is 5.26 Å². The van der Waals surface area contributed by atoms with Crippen molar-refractivity contribution < 1.29 is 8.42 Å². The van der Waals surface area contributed by atoms with E-state index in [1.807, 2.05) is 6.07 Å². The van der Waals surface area contributed by atoms with Gasteiger partial charge in [0, 0.05) is 18.4 Å². The maximum atomic E-state index is 11.5. The van der Waals surface area contributed by atoms with Crippen LogP contribution in [0, 0.1) is 11.3 Å². The van der Waals surface area contributed by atoms with Gasteiger partial charge in [-0.1, -0.05) is 0 Å². The van der Waals surface area contributed by atoms with Gasteiger partial charge in [0.2, 0.25) is 0 Å². The summed E-state index contributed by atoms with van der Waals surface area (Å²) in [5.74, 6) is 0.697. The largest absolute Gasteiger partial charge is 0.364 e. The summed E-state index contributed by atoms with van der Waals surface area (Å²) in [4.78, 5) is 7.86. The van der Waals surface area contributed by atoms with Gasteiger partial charge in [-0.05, 0) is 12.8 Å². The van der Waals surface area contributed by atoms with Crippen molar-refractivity contribution in [3.05, 3.63) is 18.1 Å². The van der Waals surface area contributed by atoms with Crippen molar-refractivity contribution in [3.63, 3.8) is 0 Å². The summed E-state index contributed by atoms with van der Waals surface area (Å²) in [5.41, 5.74) is 0.190. The first-order valence-electron chi connectivity index (χ1n) is 5.29. The molecule has 6 nitrogen and oxygen atoms in total. The summed E-state index contributed by atoms with van der Waals surface area (Å²) in [6, 6.07) is 1.74. The van der Waals surface area contributed by atoms with Gasteiger partial charge in [-0.25, -0.2) is 18.4 Å². The maximum absolute atomic E-state index is 11.5. The molecule has 1 saturated heterocycles. The van der Waals surface area contributed by atoms with Crippen LogP contribution in [0.3, 0.4) is 0 Å². The molecule has 2 heterocycles. The van der Waals surface area contributed by atoms with Crippen LogP contribution in [0.2, 0.25) is 0 Å². The Morgan fingerprint density at radius 2 is 2.18 bits per heavy atom. The van der Waals surface area contributed by atoms with Gasteiger partial charge in [0.1, 0.15) is 6.07 Å². The van der Waals surface area contributed by atoms with Gasteiger partial charge in [-0.3, -0.25) is 0 Å². The fourth-order valence-electron chi connectivity index (χ4n) is 1.86. The van der Waals surface area contributed by atoms with Crippen molar-refractivity contribution in [2.75, 3.05) is 16.8 Å². The minimum atomic E-state index is -2.97. The first-order chi connectivity index (χ1) is 8.11. The topological polar surface area (TPSA) is 95.7 Å². The second-order valence-corrected chi connectivity index (χ2v) is 6.19. The smallest absolute Gasteiger partial charge is 0.182 e. The van der Waals surface area contributed by atoms with E-state index in [0.29, 0.717) is 12.2 Å². The Kier molecular flexibility index (Phi) is 3.24. The van der Waals surface area contributed by atoms with Crippen LogP contribution in [0.1, 0.15) is 18.5 Å². The normalized spacial score (nSPS) is 22.6. The molecule has 1 unspecified atom stereocenters. The third-order valence-electron chi connectivity index (χ3n) is 2.61. The summed E-state index contributed by atoms with van der Waals surface area (Å²) in [6.45, 7) is 0. The van der Waals surface area contributed by atoms with Crippen LogP contribution in [-0.4, -0.2) is 35.9 Å². The lowest BCUT2D eigenvalue weighted by molar-refractivity contribution is 0.561. The summed E-state index contributed by atoms with van der Waals surface area (Å²) in [6.07, 6.45) is 4.31. The summed E-state index contributed by atoms with van der Waals surface area (Å²) < 4.78 is 22.9. The zero-order valence-electron chi connectivity index (χ0n) is 9.13. The minimum Gasteiger partial charge on any atom is -0.364 e. The van der Waals surface area contributed by atoms with E-state index in [-0.39, 0.29) is 23.2 Å². The molecule has 0 saturated carbocycles. The fraction of sp³-hybridized carbons (Fsp3) is 0.500. The van der Waals surface area contributed by atoms with Crippen LogP contribution in [-0.2, 0) is 9.84 Å². The molecule has 0 amide bonds. The van der Waals surface area contributed by atoms with Crippen molar-refractivity contribution >= 4 is 15.7 Å². The molecule has 1 aromatic rings. The Hall–Kier alpha value is -1.68. The van der Waals surface area contributed by atoms with E-state index < -0.39 is 9.84 Å². The zero-order valence-corrected chi connectivity index (χ0v) is 9.94. The second-order valence-electron chi connectivity index (χ2n) is 3.96. The average Bonchev–Trinajstić information content (AvgIpc) is 2.28. The highest BCUT2D eigenvalue weighted by Crippen LogP contribution is 2.17. The number of hydrogen-bond acceptors (Lipinski definition) is 6. The highest BCUT2D eigenvalue weighted by atomic mass is 32.2. The molecule has 1 N–H and O–H groups in total. The van der Waals surface area contributed by atoms with Crippen LogP contribution < -0.4 is 5.32 Å². The molecule has 0 bridgehead atoms. The second kappa shape index (κ2) is 4.67. The van der Waals surface area contributed by atoms with Crippen LogP contribution in [0.15, 0.2) is 12.4 Å². The van der Waals surface area contributed by atoms with Crippen molar-refractivity contribution in [1.82, 2.24) is 9.97 Å². The van der Waals surface area contributed by atoms with E-state index in [0.717, 1.165) is 6.42 Å². The summed E-state index contributed by atoms with van der Waals surface area (Å²) >= 11 is 0. The van der Waals surface area contributed by atoms with E-state index >= 15 is 0 Å². The standard InChI is InChI=1S/C10H12N4O2S/c11-6-9-10(13-4-3-12-9)14-8-2-1-5-17(15,16)7-8/h3-4,8H,1-2,5,7H2,(H,13,14). The molecule has 90 valence electrons. The van der Waals surface area contributed by atoms with Crippen molar-refractivity contribution in [3.8, 4) is 6.07 Å². The lowest BCUT2D eigenvalue weighted by Gasteiger charge is -2.23. The molecule has 0 aromatic carbocycles. The Morgan fingerprint density at radius 1 is 1.41 bits per heavy atom. The van der Waals surface area contributed by atoms with Gasteiger partial charge >= 0.3 is 0 Å². The highest BCUT2D eigenvalue weighted by Gasteiger charge is 2.25. The molecule has 1 atom stereocenters. The van der Waals surface area contributed by atoms with Crippen molar-refractivity contribution in [2.45, 2.75) is 18.9 Å². The SMILES string of the molecule is N#Cc1nccnc1NC1CCCS(=O)(=O)C1. The van der Waals surface area contributed by atoms with Crippen molar-refractivity contribution in [1.29, 1.82) is 5.26 Å². The highest BCUT2D eigenvalue weighted by molar-refractivity contribution is 7.91. The molecule has 7 heteroatoms. The molecule has 0 aliphatic carbocycles. The number of rotatable bonds is 2. The maximum Gasteiger partial charge on any atom is 0.182 e. The number of nitriles is 1. The lowest BCUT2D eigenvalue weighted by Crippen LogP contribution is -2.35. The molecular formula is C10H12N4O2S. The molecule has 2 rings (SSSR count). The molecule has 0 spiro atoms. The Bertz CT molecular complexity index is 550. The minimum absolute atomic E-state index is 0.0917. The van der Waals surface area contributed by atoms with Crippen LogP contribution in [0.5, 0.6) is 0 Å². The number of aromatic nitrogens is 2. The number of nitrogens with one attached hydrogen (secondary N) is 1. The number of anilines is 1. The van der Waals surface area contributed by atoms with E-state index in [4.69, 9.17) is 5.26 Å². The molecular weight excluding hydrogens is 240 g/mol. The van der Waals surface area contributed by atoms with E-state index in [9.17, 15) is 8.42 Å². The third kappa shape index (κ3) is 2.91. The molecule has 17 heavy (non-hydrogen) atoms. The predicted molar refractivity (Wildman–Crippen MR) is 62.0 cm³/mol. The first kappa shape index (κ1) is 11.8.